The van der Waals surface area contributed by atoms with E-state index in [0.29, 0.717) is 0 Å². The number of hydrogen-bond donors (Lipinski definition) is 1. The third-order valence-corrected chi connectivity index (χ3v) is 3.31. The van der Waals surface area contributed by atoms with E-state index in [4.69, 9.17) is 10.5 Å². The van der Waals surface area contributed by atoms with Crippen molar-refractivity contribution in [3.63, 3.8) is 0 Å². The van der Waals surface area contributed by atoms with E-state index in [0.717, 1.165) is 25.2 Å². The second kappa shape index (κ2) is 2.99. The van der Waals surface area contributed by atoms with Crippen LogP contribution < -0.4 is 10.5 Å². The summed E-state index contributed by atoms with van der Waals surface area (Å²) in [6.45, 7) is 0.841. The zero-order valence-corrected chi connectivity index (χ0v) is 8.25. The Kier molecular flexibility index (Phi) is 1.77. The van der Waals surface area contributed by atoms with Gasteiger partial charge in [0.05, 0.1) is 6.61 Å². The fraction of sp³-hybridized carbons (Fsp3) is 0.500. The molecule has 74 valence electrons. The molecule has 1 heterocycles. The van der Waals surface area contributed by atoms with Gasteiger partial charge in [-0.1, -0.05) is 6.07 Å². The number of benzene rings is 1. The standard InChI is InChI=1S/C12H15NO/c13-11-3-1-2-8-6-9-4-5-14-12(9)7-10(8)11/h6-7,11H,1-5,13H2. The molecule has 0 fully saturated rings. The molecule has 2 N–H and O–H groups in total. The van der Waals surface area contributed by atoms with Crippen LogP contribution in [0.4, 0.5) is 0 Å². The van der Waals surface area contributed by atoms with Gasteiger partial charge in [0, 0.05) is 12.5 Å². The zero-order valence-electron chi connectivity index (χ0n) is 8.25. The lowest BCUT2D eigenvalue weighted by atomic mass is 9.87. The SMILES string of the molecule is NC1CCCc2cc3c(cc21)OCC3. The highest BCUT2D eigenvalue weighted by molar-refractivity contribution is 5.46. The lowest BCUT2D eigenvalue weighted by Crippen LogP contribution is -2.17. The molecule has 1 aromatic carbocycles. The van der Waals surface area contributed by atoms with Crippen LogP contribution in [0.25, 0.3) is 0 Å². The Labute approximate surface area is 84.1 Å². The molecule has 2 heteroatoms. The Morgan fingerprint density at radius 3 is 3.07 bits per heavy atom. The van der Waals surface area contributed by atoms with Crippen LogP contribution in [0.1, 0.15) is 35.6 Å². The molecule has 0 spiro atoms. The average Bonchev–Trinajstić information content (AvgIpc) is 2.62. The van der Waals surface area contributed by atoms with Gasteiger partial charge in [0.25, 0.3) is 0 Å². The molecule has 2 aliphatic rings. The largest absolute Gasteiger partial charge is 0.493 e. The van der Waals surface area contributed by atoms with Crippen molar-refractivity contribution in [2.24, 2.45) is 5.73 Å². The molecular formula is C12H15NO. The second-order valence-corrected chi connectivity index (χ2v) is 4.26. The van der Waals surface area contributed by atoms with Gasteiger partial charge in [-0.15, -0.1) is 0 Å². The van der Waals surface area contributed by atoms with Crippen LogP contribution in [0.2, 0.25) is 0 Å². The average molecular weight is 189 g/mol. The Balaban J connectivity index is 2.12. The minimum absolute atomic E-state index is 0.230. The quantitative estimate of drug-likeness (QED) is 0.677. The topological polar surface area (TPSA) is 35.2 Å². The van der Waals surface area contributed by atoms with Crippen molar-refractivity contribution in [1.82, 2.24) is 0 Å². The number of hydrogen-bond acceptors (Lipinski definition) is 2. The van der Waals surface area contributed by atoms with Crippen LogP contribution in [-0.4, -0.2) is 6.61 Å². The molecule has 0 saturated heterocycles. The van der Waals surface area contributed by atoms with Gasteiger partial charge in [-0.25, -0.2) is 0 Å². The Hall–Kier alpha value is -1.02. The number of fused-ring (bicyclic) bond motifs is 2. The highest BCUT2D eigenvalue weighted by Gasteiger charge is 2.21. The minimum atomic E-state index is 0.230. The van der Waals surface area contributed by atoms with Crippen LogP contribution in [-0.2, 0) is 12.8 Å². The molecular weight excluding hydrogens is 174 g/mol. The number of nitrogens with two attached hydrogens (primary N) is 1. The van der Waals surface area contributed by atoms with Gasteiger partial charge >= 0.3 is 0 Å². The van der Waals surface area contributed by atoms with E-state index in [1.165, 1.54) is 29.5 Å². The lowest BCUT2D eigenvalue weighted by Gasteiger charge is -2.22. The van der Waals surface area contributed by atoms with Gasteiger partial charge in [-0.3, -0.25) is 0 Å². The van der Waals surface area contributed by atoms with Crippen molar-refractivity contribution in [2.75, 3.05) is 6.61 Å². The smallest absolute Gasteiger partial charge is 0.122 e. The number of aryl methyl sites for hydroxylation is 1. The van der Waals surface area contributed by atoms with Gasteiger partial charge in [0.1, 0.15) is 5.75 Å². The summed E-state index contributed by atoms with van der Waals surface area (Å²) < 4.78 is 5.56. The van der Waals surface area contributed by atoms with E-state index in [1.807, 2.05) is 0 Å². The van der Waals surface area contributed by atoms with E-state index in [2.05, 4.69) is 12.1 Å². The molecule has 0 amide bonds. The first-order valence-corrected chi connectivity index (χ1v) is 5.38. The molecule has 0 saturated carbocycles. The summed E-state index contributed by atoms with van der Waals surface area (Å²) in [5.74, 6) is 1.07. The minimum Gasteiger partial charge on any atom is -0.493 e. The van der Waals surface area contributed by atoms with Crippen LogP contribution in [0.15, 0.2) is 12.1 Å². The van der Waals surface area contributed by atoms with Crippen LogP contribution in [0.3, 0.4) is 0 Å². The second-order valence-electron chi connectivity index (χ2n) is 4.26. The third-order valence-electron chi connectivity index (χ3n) is 3.31. The fourth-order valence-corrected chi connectivity index (χ4v) is 2.52. The van der Waals surface area contributed by atoms with Crippen molar-refractivity contribution in [2.45, 2.75) is 31.7 Å². The lowest BCUT2D eigenvalue weighted by molar-refractivity contribution is 0.356. The molecule has 3 rings (SSSR count). The molecule has 0 radical (unpaired) electrons. The van der Waals surface area contributed by atoms with Gasteiger partial charge in [0.15, 0.2) is 0 Å². The van der Waals surface area contributed by atoms with Gasteiger partial charge in [-0.2, -0.15) is 0 Å². The Bertz CT molecular complexity index is 373. The monoisotopic (exact) mass is 189 g/mol. The number of ether oxygens (including phenoxy) is 1. The van der Waals surface area contributed by atoms with E-state index < -0.39 is 0 Å². The predicted molar refractivity (Wildman–Crippen MR) is 55.5 cm³/mol. The summed E-state index contributed by atoms with van der Waals surface area (Å²) in [5, 5.41) is 0. The van der Waals surface area contributed by atoms with Crippen LogP contribution in [0.5, 0.6) is 5.75 Å². The maximum Gasteiger partial charge on any atom is 0.122 e. The van der Waals surface area contributed by atoms with Crippen molar-refractivity contribution in [1.29, 1.82) is 0 Å². The zero-order chi connectivity index (χ0) is 9.54. The molecule has 2 nitrogen and oxygen atoms in total. The Morgan fingerprint density at radius 1 is 1.21 bits per heavy atom. The van der Waals surface area contributed by atoms with Crippen molar-refractivity contribution in [3.8, 4) is 5.75 Å². The van der Waals surface area contributed by atoms with Gasteiger partial charge in [0.2, 0.25) is 0 Å². The molecule has 0 bridgehead atoms. The summed E-state index contributed by atoms with van der Waals surface area (Å²) in [6, 6.07) is 4.70. The first-order valence-electron chi connectivity index (χ1n) is 5.38. The summed E-state index contributed by atoms with van der Waals surface area (Å²) >= 11 is 0. The summed E-state index contributed by atoms with van der Waals surface area (Å²) in [4.78, 5) is 0. The summed E-state index contributed by atoms with van der Waals surface area (Å²) in [5.41, 5.74) is 10.2. The van der Waals surface area contributed by atoms with E-state index in [-0.39, 0.29) is 6.04 Å². The Morgan fingerprint density at radius 2 is 2.14 bits per heavy atom. The summed E-state index contributed by atoms with van der Waals surface area (Å²) in [7, 11) is 0. The first kappa shape index (κ1) is 8.30. The van der Waals surface area contributed by atoms with Crippen molar-refractivity contribution < 1.29 is 4.74 Å². The first-order chi connectivity index (χ1) is 6.84. The molecule has 0 aromatic heterocycles. The van der Waals surface area contributed by atoms with E-state index >= 15 is 0 Å². The van der Waals surface area contributed by atoms with Crippen molar-refractivity contribution in [3.05, 3.63) is 28.8 Å². The summed E-state index contributed by atoms with van der Waals surface area (Å²) in [6.07, 6.45) is 4.60. The maximum atomic E-state index is 6.08. The number of rotatable bonds is 0. The van der Waals surface area contributed by atoms with Gasteiger partial charge in [-0.05, 0) is 42.0 Å². The molecule has 1 aliphatic heterocycles. The fourth-order valence-electron chi connectivity index (χ4n) is 2.52. The normalized spacial score (nSPS) is 23.9. The maximum absolute atomic E-state index is 6.08. The van der Waals surface area contributed by atoms with Gasteiger partial charge < -0.3 is 10.5 Å². The van der Waals surface area contributed by atoms with E-state index in [9.17, 15) is 0 Å². The molecule has 14 heavy (non-hydrogen) atoms. The molecule has 1 aliphatic carbocycles. The molecule has 1 unspecified atom stereocenters. The molecule has 1 atom stereocenters. The van der Waals surface area contributed by atoms with Crippen molar-refractivity contribution >= 4 is 0 Å². The molecule has 1 aromatic rings. The highest BCUT2D eigenvalue weighted by atomic mass is 16.5. The predicted octanol–water partition coefficient (Wildman–Crippen LogP) is 1.96. The third kappa shape index (κ3) is 1.14. The highest BCUT2D eigenvalue weighted by Crippen LogP contribution is 2.35. The van der Waals surface area contributed by atoms with E-state index in [1.54, 1.807) is 0 Å². The van der Waals surface area contributed by atoms with Crippen LogP contribution >= 0.6 is 0 Å². The van der Waals surface area contributed by atoms with Crippen LogP contribution in [0, 0.1) is 0 Å².